The molecule has 7 heteroatoms. The smallest absolute Gasteiger partial charge is 0.341 e. The van der Waals surface area contributed by atoms with Crippen LogP contribution < -0.4 is 10.1 Å². The van der Waals surface area contributed by atoms with Crippen molar-refractivity contribution >= 4 is 23.4 Å². The van der Waals surface area contributed by atoms with Gasteiger partial charge in [0.2, 0.25) is 0 Å². The molecule has 3 rings (SSSR count). The number of hydrogen-bond donors (Lipinski definition) is 3. The second-order valence-corrected chi connectivity index (χ2v) is 7.69. The number of carboxylic acid groups (broad SMARTS) is 1. The number of rotatable bonds is 11. The zero-order valence-corrected chi connectivity index (χ0v) is 18.1. The zero-order valence-electron chi connectivity index (χ0n) is 17.3. The quantitative estimate of drug-likeness (QED) is 0.301. The second-order valence-electron chi connectivity index (χ2n) is 7.26. The number of ketones is 1. The van der Waals surface area contributed by atoms with Crippen molar-refractivity contribution in [3.8, 4) is 5.75 Å². The average molecular weight is 454 g/mol. The largest absolute Gasteiger partial charge is 0.482 e. The van der Waals surface area contributed by atoms with Gasteiger partial charge in [0, 0.05) is 22.7 Å². The normalized spacial score (nSPS) is 11.7. The van der Waals surface area contributed by atoms with Gasteiger partial charge in [0.05, 0.1) is 6.10 Å². The Balaban J connectivity index is 1.47. The summed E-state index contributed by atoms with van der Waals surface area (Å²) in [4.78, 5) is 23.2. The molecular weight excluding hydrogens is 430 g/mol. The van der Waals surface area contributed by atoms with Crippen LogP contribution in [0.15, 0.2) is 72.8 Å². The molecule has 0 spiro atoms. The van der Waals surface area contributed by atoms with Crippen LogP contribution in [0.3, 0.4) is 0 Å². The summed E-state index contributed by atoms with van der Waals surface area (Å²) in [5.74, 6) is -0.783. The molecule has 6 nitrogen and oxygen atoms in total. The van der Waals surface area contributed by atoms with E-state index in [0.29, 0.717) is 35.0 Å². The molecule has 0 aromatic heterocycles. The van der Waals surface area contributed by atoms with Crippen molar-refractivity contribution in [2.24, 2.45) is 0 Å². The lowest BCUT2D eigenvalue weighted by Crippen LogP contribution is -2.23. The van der Waals surface area contributed by atoms with E-state index in [-0.39, 0.29) is 5.78 Å². The van der Waals surface area contributed by atoms with Gasteiger partial charge in [-0.1, -0.05) is 48.0 Å². The molecule has 0 fully saturated rings. The Kier molecular flexibility index (Phi) is 8.39. The van der Waals surface area contributed by atoms with Gasteiger partial charge in [0.15, 0.2) is 12.4 Å². The molecule has 3 aromatic rings. The summed E-state index contributed by atoms with van der Waals surface area (Å²) >= 11 is 5.95. The number of carboxylic acids is 1. The molecule has 0 bridgehead atoms. The maximum atomic E-state index is 12.6. The van der Waals surface area contributed by atoms with E-state index in [2.05, 4.69) is 5.32 Å². The van der Waals surface area contributed by atoms with Gasteiger partial charge in [-0.15, -0.1) is 0 Å². The van der Waals surface area contributed by atoms with E-state index in [9.17, 15) is 14.7 Å². The van der Waals surface area contributed by atoms with E-state index in [0.717, 1.165) is 17.5 Å². The number of hydrogen-bond acceptors (Lipinski definition) is 5. The van der Waals surface area contributed by atoms with E-state index in [1.165, 1.54) is 0 Å². The molecule has 3 aromatic carbocycles. The summed E-state index contributed by atoms with van der Waals surface area (Å²) in [5, 5.41) is 22.7. The number of nitrogens with one attached hydrogen (secondary N) is 1. The van der Waals surface area contributed by atoms with Gasteiger partial charge in [0.25, 0.3) is 0 Å². The summed E-state index contributed by atoms with van der Waals surface area (Å²) < 4.78 is 5.08. The minimum Gasteiger partial charge on any atom is -0.482 e. The van der Waals surface area contributed by atoms with Crippen molar-refractivity contribution in [2.45, 2.75) is 12.5 Å². The van der Waals surface area contributed by atoms with Crippen LogP contribution in [-0.2, 0) is 11.2 Å². The maximum Gasteiger partial charge on any atom is 0.341 e. The summed E-state index contributed by atoms with van der Waals surface area (Å²) in [7, 11) is 0. The molecule has 0 amide bonds. The van der Waals surface area contributed by atoms with Crippen LogP contribution in [0, 0.1) is 0 Å². The first-order valence-electron chi connectivity index (χ1n) is 10.1. The molecule has 0 saturated carbocycles. The molecule has 3 N–H and O–H groups in total. The minimum absolute atomic E-state index is 0.121. The van der Waals surface area contributed by atoms with Crippen molar-refractivity contribution in [1.29, 1.82) is 0 Å². The molecule has 0 heterocycles. The van der Waals surface area contributed by atoms with Crippen molar-refractivity contribution in [1.82, 2.24) is 5.32 Å². The fourth-order valence-corrected chi connectivity index (χ4v) is 3.34. The van der Waals surface area contributed by atoms with Gasteiger partial charge in [-0.3, -0.25) is 4.79 Å². The van der Waals surface area contributed by atoms with Crippen LogP contribution in [-0.4, -0.2) is 41.7 Å². The molecule has 0 radical (unpaired) electrons. The number of halogens is 1. The zero-order chi connectivity index (χ0) is 22.9. The SMILES string of the molecule is O=C(O)COc1ccc(C(=O)c2ccc(CCNC[C@@H](O)c3cccc(Cl)c3)cc2)cc1. The van der Waals surface area contributed by atoms with Crippen LogP contribution in [0.25, 0.3) is 0 Å². The average Bonchev–Trinajstić information content (AvgIpc) is 2.80. The van der Waals surface area contributed by atoms with E-state index in [1.807, 2.05) is 24.3 Å². The van der Waals surface area contributed by atoms with E-state index < -0.39 is 18.7 Å². The Morgan fingerprint density at radius 1 is 0.969 bits per heavy atom. The number of aliphatic carboxylic acids is 1. The lowest BCUT2D eigenvalue weighted by atomic mass is 10.0. The summed E-state index contributed by atoms with van der Waals surface area (Å²) in [6.45, 7) is 0.676. The molecule has 1 atom stereocenters. The predicted molar refractivity (Wildman–Crippen MR) is 122 cm³/mol. The topological polar surface area (TPSA) is 95.9 Å². The van der Waals surface area contributed by atoms with Gasteiger partial charge < -0.3 is 20.3 Å². The molecule has 32 heavy (non-hydrogen) atoms. The monoisotopic (exact) mass is 453 g/mol. The van der Waals surface area contributed by atoms with Crippen molar-refractivity contribution in [2.75, 3.05) is 19.7 Å². The molecule has 0 unspecified atom stereocenters. The summed E-state index contributed by atoms with van der Waals surface area (Å²) in [6, 6.07) is 20.9. The fourth-order valence-electron chi connectivity index (χ4n) is 3.14. The number of carbonyl (C=O) groups is 2. The summed E-state index contributed by atoms with van der Waals surface area (Å²) in [6.07, 6.45) is 0.126. The van der Waals surface area contributed by atoms with Crippen molar-refractivity contribution < 1.29 is 24.5 Å². The van der Waals surface area contributed by atoms with Crippen molar-refractivity contribution in [3.05, 3.63) is 100 Å². The number of aliphatic hydroxyl groups excluding tert-OH is 1. The third-order valence-electron chi connectivity index (χ3n) is 4.86. The number of benzene rings is 3. The predicted octanol–water partition coefficient (Wildman–Crippen LogP) is 3.90. The standard InChI is InChI=1S/C25H24ClNO5/c26-21-3-1-2-20(14-21)23(28)15-27-13-12-17-4-6-18(7-5-17)25(31)19-8-10-22(11-9-19)32-16-24(29)30/h1-11,14,23,27-28H,12-13,15-16H2,(H,29,30)/t23-/m1/s1. The molecular formula is C25H24ClNO5. The Morgan fingerprint density at radius 3 is 2.25 bits per heavy atom. The Morgan fingerprint density at radius 2 is 1.62 bits per heavy atom. The number of aliphatic hydroxyl groups is 1. The number of carbonyl (C=O) groups excluding carboxylic acids is 1. The first-order valence-corrected chi connectivity index (χ1v) is 10.5. The van der Waals surface area contributed by atoms with E-state index >= 15 is 0 Å². The minimum atomic E-state index is -1.06. The Labute approximate surface area is 191 Å². The van der Waals surface area contributed by atoms with Crippen LogP contribution in [0.5, 0.6) is 5.75 Å². The maximum absolute atomic E-state index is 12.6. The number of ether oxygens (including phenoxy) is 1. The van der Waals surface area contributed by atoms with E-state index in [4.69, 9.17) is 21.4 Å². The van der Waals surface area contributed by atoms with Crippen molar-refractivity contribution in [3.63, 3.8) is 0 Å². The third-order valence-corrected chi connectivity index (χ3v) is 5.09. The highest BCUT2D eigenvalue weighted by Crippen LogP contribution is 2.18. The highest BCUT2D eigenvalue weighted by atomic mass is 35.5. The van der Waals surface area contributed by atoms with Crippen LogP contribution in [0.1, 0.15) is 33.2 Å². The second kappa shape index (κ2) is 11.4. The first kappa shape index (κ1) is 23.5. The Hall–Kier alpha value is -3.19. The first-order chi connectivity index (χ1) is 15.4. The summed E-state index contributed by atoms with van der Waals surface area (Å²) in [5.41, 5.74) is 2.91. The van der Waals surface area contributed by atoms with Crippen LogP contribution in [0.2, 0.25) is 5.02 Å². The van der Waals surface area contributed by atoms with Crippen LogP contribution >= 0.6 is 11.6 Å². The third kappa shape index (κ3) is 6.92. The molecule has 0 aliphatic heterocycles. The lowest BCUT2D eigenvalue weighted by Gasteiger charge is -2.12. The molecule has 0 aliphatic rings. The lowest BCUT2D eigenvalue weighted by molar-refractivity contribution is -0.139. The van der Waals surface area contributed by atoms with Gasteiger partial charge >= 0.3 is 5.97 Å². The molecule has 0 saturated heterocycles. The van der Waals surface area contributed by atoms with E-state index in [1.54, 1.807) is 48.5 Å². The van der Waals surface area contributed by atoms with Gasteiger partial charge in [0.1, 0.15) is 5.75 Å². The highest BCUT2D eigenvalue weighted by Gasteiger charge is 2.10. The molecule has 166 valence electrons. The molecule has 0 aliphatic carbocycles. The van der Waals surface area contributed by atoms with Crippen LogP contribution in [0.4, 0.5) is 0 Å². The highest BCUT2D eigenvalue weighted by molar-refractivity contribution is 6.30. The Bertz CT molecular complexity index is 1050. The fraction of sp³-hybridized carbons (Fsp3) is 0.200. The van der Waals surface area contributed by atoms with Gasteiger partial charge in [-0.05, 0) is 60.5 Å². The van der Waals surface area contributed by atoms with Gasteiger partial charge in [-0.25, -0.2) is 4.79 Å². The van der Waals surface area contributed by atoms with Gasteiger partial charge in [-0.2, -0.15) is 0 Å².